The fraction of sp³-hybridized carbons (Fsp3) is 0.429. The van der Waals surface area contributed by atoms with Gasteiger partial charge in [0.1, 0.15) is 0 Å². The molecule has 0 saturated heterocycles. The Labute approximate surface area is 106 Å². The highest BCUT2D eigenvalue weighted by atomic mass is 19.4. The van der Waals surface area contributed by atoms with E-state index in [-0.39, 0.29) is 6.04 Å². The number of rotatable bonds is 6. The molecule has 1 unspecified atom stereocenters. The van der Waals surface area contributed by atoms with E-state index in [4.69, 9.17) is 0 Å². The van der Waals surface area contributed by atoms with Crippen LogP contribution < -0.4 is 5.32 Å². The first kappa shape index (κ1) is 14.8. The van der Waals surface area contributed by atoms with E-state index in [2.05, 4.69) is 11.9 Å². The monoisotopic (exact) mass is 257 g/mol. The third-order valence-corrected chi connectivity index (χ3v) is 2.65. The summed E-state index contributed by atoms with van der Waals surface area (Å²) in [5.74, 6) is 0. The molecular formula is C14H18F3N. The molecule has 0 bridgehead atoms. The minimum atomic E-state index is -4.28. The van der Waals surface area contributed by atoms with Gasteiger partial charge < -0.3 is 5.32 Å². The third-order valence-electron chi connectivity index (χ3n) is 2.65. The van der Waals surface area contributed by atoms with Gasteiger partial charge in [-0.2, -0.15) is 13.2 Å². The maximum atomic E-state index is 12.6. The maximum Gasteiger partial charge on any atom is 0.416 e. The molecule has 0 aliphatic carbocycles. The molecule has 1 rings (SSSR count). The second-order valence-corrected chi connectivity index (χ2v) is 4.20. The summed E-state index contributed by atoms with van der Waals surface area (Å²) >= 11 is 0. The van der Waals surface area contributed by atoms with Crippen LogP contribution in [0, 0.1) is 0 Å². The first-order valence-corrected chi connectivity index (χ1v) is 5.99. The van der Waals surface area contributed by atoms with Gasteiger partial charge in [0.15, 0.2) is 0 Å². The Kier molecular flexibility index (Phi) is 5.41. The smallest absolute Gasteiger partial charge is 0.310 e. The van der Waals surface area contributed by atoms with Crippen LogP contribution in [0.15, 0.2) is 36.9 Å². The van der Waals surface area contributed by atoms with Crippen LogP contribution in [0.25, 0.3) is 0 Å². The summed E-state index contributed by atoms with van der Waals surface area (Å²) in [6, 6.07) is 5.45. The van der Waals surface area contributed by atoms with E-state index < -0.39 is 11.7 Å². The van der Waals surface area contributed by atoms with Gasteiger partial charge in [-0.1, -0.05) is 31.2 Å². The largest absolute Gasteiger partial charge is 0.416 e. The van der Waals surface area contributed by atoms with Crippen LogP contribution in [0.3, 0.4) is 0 Å². The van der Waals surface area contributed by atoms with Crippen molar-refractivity contribution in [3.63, 3.8) is 0 Å². The molecule has 0 spiro atoms. The Morgan fingerprint density at radius 1 is 1.39 bits per heavy atom. The number of alkyl halides is 3. The summed E-state index contributed by atoms with van der Waals surface area (Å²) in [7, 11) is 0. The Morgan fingerprint density at radius 3 is 2.67 bits per heavy atom. The molecule has 1 aromatic carbocycles. The number of hydrogen-bond acceptors (Lipinski definition) is 1. The van der Waals surface area contributed by atoms with E-state index >= 15 is 0 Å². The second kappa shape index (κ2) is 6.59. The Hall–Kier alpha value is -1.29. The molecular weight excluding hydrogens is 239 g/mol. The van der Waals surface area contributed by atoms with Crippen molar-refractivity contribution >= 4 is 0 Å². The Balaban J connectivity index is 2.74. The first-order valence-electron chi connectivity index (χ1n) is 5.99. The van der Waals surface area contributed by atoms with Gasteiger partial charge >= 0.3 is 6.18 Å². The quantitative estimate of drug-likeness (QED) is 0.764. The molecule has 0 aromatic heterocycles. The van der Waals surface area contributed by atoms with E-state index in [1.807, 2.05) is 6.92 Å². The Morgan fingerprint density at radius 2 is 2.11 bits per heavy atom. The zero-order chi connectivity index (χ0) is 13.6. The SMILES string of the molecule is C=CC(Cc1cccc(C(F)(F)F)c1)NCCC. The molecule has 1 atom stereocenters. The van der Waals surface area contributed by atoms with Crippen molar-refractivity contribution in [2.75, 3.05) is 6.54 Å². The zero-order valence-corrected chi connectivity index (χ0v) is 10.4. The van der Waals surface area contributed by atoms with Crippen molar-refractivity contribution in [1.29, 1.82) is 0 Å². The van der Waals surface area contributed by atoms with E-state index in [0.29, 0.717) is 12.0 Å². The standard InChI is InChI=1S/C14H18F3N/c1-3-8-18-13(4-2)10-11-6-5-7-12(9-11)14(15,16)17/h4-7,9,13,18H,2-3,8,10H2,1H3. The summed E-state index contributed by atoms with van der Waals surface area (Å²) in [5, 5.41) is 3.23. The van der Waals surface area contributed by atoms with Crippen molar-refractivity contribution in [3.8, 4) is 0 Å². The van der Waals surface area contributed by atoms with Crippen molar-refractivity contribution in [1.82, 2.24) is 5.32 Å². The van der Waals surface area contributed by atoms with Gasteiger partial charge in [0.25, 0.3) is 0 Å². The molecule has 100 valence electrons. The molecule has 18 heavy (non-hydrogen) atoms. The van der Waals surface area contributed by atoms with E-state index in [1.54, 1.807) is 12.1 Å². The Bertz CT molecular complexity index is 385. The lowest BCUT2D eigenvalue weighted by molar-refractivity contribution is -0.137. The van der Waals surface area contributed by atoms with Gasteiger partial charge in [-0.05, 0) is 31.0 Å². The highest BCUT2D eigenvalue weighted by Crippen LogP contribution is 2.29. The predicted octanol–water partition coefficient (Wildman–Crippen LogP) is 3.80. The molecule has 0 radical (unpaired) electrons. The zero-order valence-electron chi connectivity index (χ0n) is 10.4. The summed E-state index contributed by atoms with van der Waals surface area (Å²) in [6.45, 7) is 6.56. The molecule has 0 aliphatic rings. The maximum absolute atomic E-state index is 12.6. The highest BCUT2D eigenvalue weighted by Gasteiger charge is 2.30. The molecule has 1 nitrogen and oxygen atoms in total. The fourth-order valence-electron chi connectivity index (χ4n) is 1.70. The lowest BCUT2D eigenvalue weighted by atomic mass is 10.0. The summed E-state index contributed by atoms with van der Waals surface area (Å²) in [6.07, 6.45) is -1.05. The number of halogens is 3. The molecule has 0 aliphatic heterocycles. The molecule has 0 saturated carbocycles. The third kappa shape index (κ3) is 4.53. The number of nitrogens with one attached hydrogen (secondary N) is 1. The molecule has 0 fully saturated rings. The predicted molar refractivity (Wildman–Crippen MR) is 67.4 cm³/mol. The summed E-state index contributed by atoms with van der Waals surface area (Å²) < 4.78 is 37.7. The molecule has 0 heterocycles. The van der Waals surface area contributed by atoms with Crippen LogP contribution in [0.5, 0.6) is 0 Å². The van der Waals surface area contributed by atoms with Crippen molar-refractivity contribution in [3.05, 3.63) is 48.0 Å². The fourth-order valence-corrected chi connectivity index (χ4v) is 1.70. The van der Waals surface area contributed by atoms with Crippen molar-refractivity contribution in [2.24, 2.45) is 0 Å². The molecule has 1 N–H and O–H groups in total. The van der Waals surface area contributed by atoms with Crippen molar-refractivity contribution < 1.29 is 13.2 Å². The normalized spacial score (nSPS) is 13.3. The van der Waals surface area contributed by atoms with E-state index in [1.165, 1.54) is 12.1 Å². The topological polar surface area (TPSA) is 12.0 Å². The van der Waals surface area contributed by atoms with E-state index in [0.717, 1.165) is 19.0 Å². The molecule has 0 amide bonds. The molecule has 4 heteroatoms. The second-order valence-electron chi connectivity index (χ2n) is 4.20. The lowest BCUT2D eigenvalue weighted by Crippen LogP contribution is -2.29. The molecule has 1 aromatic rings. The highest BCUT2D eigenvalue weighted by molar-refractivity contribution is 5.26. The van der Waals surface area contributed by atoms with E-state index in [9.17, 15) is 13.2 Å². The summed E-state index contributed by atoms with van der Waals surface area (Å²) in [4.78, 5) is 0. The van der Waals surface area contributed by atoms with Gasteiger partial charge in [0, 0.05) is 6.04 Å². The number of benzene rings is 1. The average molecular weight is 257 g/mol. The van der Waals surface area contributed by atoms with Crippen LogP contribution in [0.1, 0.15) is 24.5 Å². The lowest BCUT2D eigenvalue weighted by Gasteiger charge is -2.15. The average Bonchev–Trinajstić information content (AvgIpc) is 2.33. The van der Waals surface area contributed by atoms with Gasteiger partial charge in [0.2, 0.25) is 0 Å². The minimum absolute atomic E-state index is 0.00781. The number of hydrogen-bond donors (Lipinski definition) is 1. The van der Waals surface area contributed by atoms with Crippen LogP contribution in [-0.2, 0) is 12.6 Å². The van der Waals surface area contributed by atoms with Crippen LogP contribution >= 0.6 is 0 Å². The van der Waals surface area contributed by atoms with Gasteiger partial charge in [-0.25, -0.2) is 0 Å². The summed E-state index contributed by atoms with van der Waals surface area (Å²) in [5.41, 5.74) is 0.0663. The van der Waals surface area contributed by atoms with Crippen LogP contribution in [0.2, 0.25) is 0 Å². The van der Waals surface area contributed by atoms with Gasteiger partial charge in [0.05, 0.1) is 5.56 Å². The first-order chi connectivity index (χ1) is 8.47. The minimum Gasteiger partial charge on any atom is -0.310 e. The van der Waals surface area contributed by atoms with Gasteiger partial charge in [-0.3, -0.25) is 0 Å². The van der Waals surface area contributed by atoms with Crippen molar-refractivity contribution in [2.45, 2.75) is 32.0 Å². The van der Waals surface area contributed by atoms with Crippen LogP contribution in [-0.4, -0.2) is 12.6 Å². The van der Waals surface area contributed by atoms with Crippen LogP contribution in [0.4, 0.5) is 13.2 Å². The van der Waals surface area contributed by atoms with Gasteiger partial charge in [-0.15, -0.1) is 6.58 Å².